The van der Waals surface area contributed by atoms with Gasteiger partial charge in [-0.25, -0.2) is 0 Å². The zero-order valence-corrected chi connectivity index (χ0v) is 8.91. The summed E-state index contributed by atoms with van der Waals surface area (Å²) >= 11 is 0. The van der Waals surface area contributed by atoms with Gasteiger partial charge in [0.25, 0.3) is 0 Å². The first-order valence-corrected chi connectivity index (χ1v) is 5.53. The van der Waals surface area contributed by atoms with Gasteiger partial charge in [0.2, 0.25) is 0 Å². The number of hydrogen-bond donors (Lipinski definition) is 0. The topological polar surface area (TPSA) is 17.1 Å². The number of carbonyl (C=O) groups excluding carboxylic acids is 1. The zero-order chi connectivity index (χ0) is 10.7. The largest absolute Gasteiger partial charge is 0.300 e. The summed E-state index contributed by atoms with van der Waals surface area (Å²) in [6.07, 6.45) is 3.58. The van der Waals surface area contributed by atoms with Gasteiger partial charge in [0.05, 0.1) is 0 Å². The first-order chi connectivity index (χ1) is 7.27. The molecule has 1 saturated carbocycles. The van der Waals surface area contributed by atoms with Gasteiger partial charge in [-0.15, -0.1) is 0 Å². The summed E-state index contributed by atoms with van der Waals surface area (Å²) in [5, 5.41) is 0. The summed E-state index contributed by atoms with van der Waals surface area (Å²) in [5.74, 6) is 0.761. The highest BCUT2D eigenvalue weighted by Gasteiger charge is 2.22. The molecule has 0 amide bonds. The average Bonchev–Trinajstić information content (AvgIpc) is 2.29. The molecule has 1 aromatic rings. The maximum atomic E-state index is 11.4. The predicted molar refractivity (Wildman–Crippen MR) is 62.4 cm³/mol. The highest BCUT2D eigenvalue weighted by atomic mass is 16.1. The lowest BCUT2D eigenvalue weighted by Crippen LogP contribution is -2.15. The van der Waals surface area contributed by atoms with Crippen LogP contribution in [0, 0.1) is 5.92 Å². The van der Waals surface area contributed by atoms with E-state index in [1.165, 1.54) is 5.56 Å². The number of ketones is 1. The second-order valence-corrected chi connectivity index (χ2v) is 4.22. The van der Waals surface area contributed by atoms with E-state index < -0.39 is 0 Å². The van der Waals surface area contributed by atoms with Gasteiger partial charge in [0.1, 0.15) is 5.78 Å². The smallest absolute Gasteiger partial charge is 0.133 e. The summed E-state index contributed by atoms with van der Waals surface area (Å²) in [7, 11) is 0. The monoisotopic (exact) mass is 200 g/mol. The molecule has 78 valence electrons. The molecule has 0 N–H and O–H groups in total. The zero-order valence-electron chi connectivity index (χ0n) is 8.91. The summed E-state index contributed by atoms with van der Waals surface area (Å²) in [4.78, 5) is 11.4. The molecule has 1 nitrogen and oxygen atoms in total. The fraction of sp³-hybridized carbons (Fsp3) is 0.357. The van der Waals surface area contributed by atoms with Crippen LogP contribution < -0.4 is 0 Å². The molecule has 1 aromatic carbocycles. The highest BCUT2D eigenvalue weighted by molar-refractivity contribution is 5.82. The van der Waals surface area contributed by atoms with E-state index in [9.17, 15) is 4.79 Å². The Hall–Kier alpha value is -1.37. The molecule has 0 aliphatic heterocycles. The van der Waals surface area contributed by atoms with Crippen LogP contribution in [0.15, 0.2) is 36.9 Å². The van der Waals surface area contributed by atoms with E-state index in [0.29, 0.717) is 18.1 Å². The fourth-order valence-corrected chi connectivity index (χ4v) is 2.21. The first kappa shape index (κ1) is 10.2. The molecule has 1 aliphatic rings. The van der Waals surface area contributed by atoms with E-state index in [0.717, 1.165) is 24.8 Å². The molecule has 15 heavy (non-hydrogen) atoms. The van der Waals surface area contributed by atoms with Gasteiger partial charge >= 0.3 is 0 Å². The Labute approximate surface area is 90.8 Å². The average molecular weight is 200 g/mol. The number of hydrogen-bond acceptors (Lipinski definition) is 1. The molecule has 0 spiro atoms. The number of allylic oxidation sites excluding steroid dienone is 1. The van der Waals surface area contributed by atoms with Crippen LogP contribution in [0.25, 0.3) is 5.57 Å². The van der Waals surface area contributed by atoms with Gasteiger partial charge in [-0.05, 0) is 29.9 Å². The Kier molecular flexibility index (Phi) is 3.00. The number of rotatable bonds is 2. The minimum absolute atomic E-state index is 0.369. The van der Waals surface area contributed by atoms with Crippen molar-refractivity contribution < 1.29 is 4.79 Å². The molecule has 1 atom stereocenters. The van der Waals surface area contributed by atoms with E-state index >= 15 is 0 Å². The van der Waals surface area contributed by atoms with Crippen molar-refractivity contribution in [2.75, 3.05) is 0 Å². The molecule has 1 aliphatic carbocycles. The normalized spacial score (nSPS) is 21.3. The van der Waals surface area contributed by atoms with E-state index in [4.69, 9.17) is 0 Å². The molecule has 1 fully saturated rings. The van der Waals surface area contributed by atoms with Crippen molar-refractivity contribution in [1.82, 2.24) is 0 Å². The van der Waals surface area contributed by atoms with Crippen molar-refractivity contribution in [3.63, 3.8) is 0 Å². The van der Waals surface area contributed by atoms with Crippen LogP contribution in [0.3, 0.4) is 0 Å². The van der Waals surface area contributed by atoms with Crippen molar-refractivity contribution >= 4 is 11.4 Å². The molecule has 1 heteroatoms. The van der Waals surface area contributed by atoms with Crippen LogP contribution in [-0.2, 0) is 4.79 Å². The minimum atomic E-state index is 0.369. The lowest BCUT2D eigenvalue weighted by molar-refractivity contribution is -0.120. The van der Waals surface area contributed by atoms with Crippen molar-refractivity contribution in [1.29, 1.82) is 0 Å². The first-order valence-electron chi connectivity index (χ1n) is 5.53. The third-order valence-corrected chi connectivity index (χ3v) is 3.12. The van der Waals surface area contributed by atoms with Gasteiger partial charge < -0.3 is 0 Å². The lowest BCUT2D eigenvalue weighted by Gasteiger charge is -2.23. The molecular formula is C14H16O. The molecule has 1 unspecified atom stereocenters. The van der Waals surface area contributed by atoms with Crippen molar-refractivity contribution in [2.45, 2.75) is 25.7 Å². The second kappa shape index (κ2) is 4.43. The van der Waals surface area contributed by atoms with Gasteiger partial charge in [-0.3, -0.25) is 4.79 Å². The molecule has 0 radical (unpaired) electrons. The number of Topliss-reactive ketones (excluding diaryl/α,β-unsaturated/α-hetero) is 1. The molecular weight excluding hydrogens is 184 g/mol. The van der Waals surface area contributed by atoms with Gasteiger partial charge in [-0.2, -0.15) is 0 Å². The van der Waals surface area contributed by atoms with Gasteiger partial charge in [-0.1, -0.05) is 36.9 Å². The summed E-state index contributed by atoms with van der Waals surface area (Å²) < 4.78 is 0. The predicted octanol–water partition coefficient (Wildman–Crippen LogP) is 3.46. The Balaban J connectivity index is 2.11. The maximum absolute atomic E-state index is 11.4. The lowest BCUT2D eigenvalue weighted by atomic mass is 9.81. The van der Waals surface area contributed by atoms with Crippen molar-refractivity contribution in [3.05, 3.63) is 42.5 Å². The summed E-state index contributed by atoms with van der Waals surface area (Å²) in [6, 6.07) is 10.2. The van der Waals surface area contributed by atoms with Crippen molar-refractivity contribution in [3.8, 4) is 0 Å². The van der Waals surface area contributed by atoms with Crippen LogP contribution in [0.5, 0.6) is 0 Å². The van der Waals surface area contributed by atoms with E-state index in [1.54, 1.807) is 0 Å². The number of benzene rings is 1. The van der Waals surface area contributed by atoms with E-state index in [1.807, 2.05) is 18.2 Å². The van der Waals surface area contributed by atoms with Crippen molar-refractivity contribution in [2.24, 2.45) is 5.92 Å². The van der Waals surface area contributed by atoms with Crippen LogP contribution in [0.4, 0.5) is 0 Å². The van der Waals surface area contributed by atoms with Crippen LogP contribution in [-0.4, -0.2) is 5.78 Å². The van der Waals surface area contributed by atoms with Crippen LogP contribution in [0.2, 0.25) is 0 Å². The Morgan fingerprint density at radius 3 is 2.67 bits per heavy atom. The third-order valence-electron chi connectivity index (χ3n) is 3.12. The summed E-state index contributed by atoms with van der Waals surface area (Å²) in [5.41, 5.74) is 2.31. The molecule has 0 bridgehead atoms. The Morgan fingerprint density at radius 1 is 1.27 bits per heavy atom. The van der Waals surface area contributed by atoms with E-state index in [-0.39, 0.29) is 0 Å². The standard InChI is InChI=1S/C14H16O/c1-11(12-6-3-2-4-7-12)13-8-5-9-14(15)10-13/h2-4,6-7,13H,1,5,8-10H2. The Bertz CT molecular complexity index is 364. The second-order valence-electron chi connectivity index (χ2n) is 4.22. The SMILES string of the molecule is C=C(c1ccccc1)C1CCCC(=O)C1. The quantitative estimate of drug-likeness (QED) is 0.714. The van der Waals surface area contributed by atoms with Crippen LogP contribution >= 0.6 is 0 Å². The van der Waals surface area contributed by atoms with Gasteiger partial charge in [0.15, 0.2) is 0 Å². The molecule has 0 aromatic heterocycles. The molecule has 0 saturated heterocycles. The highest BCUT2D eigenvalue weighted by Crippen LogP contribution is 2.32. The maximum Gasteiger partial charge on any atom is 0.133 e. The molecule has 2 rings (SSSR count). The number of carbonyl (C=O) groups is 1. The third kappa shape index (κ3) is 2.35. The summed E-state index contributed by atoms with van der Waals surface area (Å²) in [6.45, 7) is 4.13. The fourth-order valence-electron chi connectivity index (χ4n) is 2.21. The Morgan fingerprint density at radius 2 is 2.00 bits per heavy atom. The van der Waals surface area contributed by atoms with Gasteiger partial charge in [0, 0.05) is 12.8 Å². The minimum Gasteiger partial charge on any atom is -0.300 e. The van der Waals surface area contributed by atoms with E-state index in [2.05, 4.69) is 18.7 Å². The molecule has 0 heterocycles. The van der Waals surface area contributed by atoms with Crippen LogP contribution in [0.1, 0.15) is 31.2 Å².